The third kappa shape index (κ3) is 2.49. The second-order valence-corrected chi connectivity index (χ2v) is 7.01. The number of nitrogens with zero attached hydrogens (tertiary/aromatic N) is 1. The Kier molecular flexibility index (Phi) is 2.69. The maximum Gasteiger partial charge on any atom is 0.224 e. The first kappa shape index (κ1) is 11.5. The van der Waals surface area contributed by atoms with Gasteiger partial charge in [-0.3, -0.25) is 9.69 Å². The molecule has 2 aliphatic heterocycles. The molecular formula is C14H24N2O. The molecule has 0 spiro atoms. The van der Waals surface area contributed by atoms with Gasteiger partial charge in [0.15, 0.2) is 0 Å². The maximum atomic E-state index is 12.2. The molecule has 3 unspecified atom stereocenters. The Morgan fingerprint density at radius 2 is 2.18 bits per heavy atom. The fourth-order valence-corrected chi connectivity index (χ4v) is 3.69. The van der Waals surface area contributed by atoms with Crippen molar-refractivity contribution in [1.29, 1.82) is 0 Å². The monoisotopic (exact) mass is 236 g/mol. The van der Waals surface area contributed by atoms with Gasteiger partial charge in [-0.15, -0.1) is 0 Å². The highest BCUT2D eigenvalue weighted by Gasteiger charge is 2.46. The molecule has 0 aromatic heterocycles. The Labute approximate surface area is 104 Å². The molecule has 3 aliphatic rings. The highest BCUT2D eigenvalue weighted by atomic mass is 16.2. The van der Waals surface area contributed by atoms with Gasteiger partial charge in [-0.1, -0.05) is 20.3 Å². The second-order valence-electron chi connectivity index (χ2n) is 7.01. The van der Waals surface area contributed by atoms with Gasteiger partial charge in [0.05, 0.1) is 5.92 Å². The molecule has 1 saturated carbocycles. The van der Waals surface area contributed by atoms with Crippen LogP contribution < -0.4 is 5.32 Å². The number of piperidine rings is 1. The zero-order chi connectivity index (χ0) is 12.0. The van der Waals surface area contributed by atoms with E-state index in [0.717, 1.165) is 25.4 Å². The van der Waals surface area contributed by atoms with Crippen molar-refractivity contribution in [3.8, 4) is 0 Å². The van der Waals surface area contributed by atoms with Crippen molar-refractivity contribution in [3.05, 3.63) is 0 Å². The Bertz CT molecular complexity index is 316. The number of carbonyl (C=O) groups excluding carboxylic acids is 1. The molecule has 3 nitrogen and oxygen atoms in total. The summed E-state index contributed by atoms with van der Waals surface area (Å²) in [7, 11) is 0. The Balaban J connectivity index is 1.50. The summed E-state index contributed by atoms with van der Waals surface area (Å²) in [5.74, 6) is 0.596. The van der Waals surface area contributed by atoms with Crippen LogP contribution in [0, 0.1) is 11.3 Å². The van der Waals surface area contributed by atoms with Gasteiger partial charge < -0.3 is 5.32 Å². The number of hydrogen-bond acceptors (Lipinski definition) is 2. The van der Waals surface area contributed by atoms with Gasteiger partial charge in [-0.2, -0.15) is 0 Å². The standard InChI is InChI=1S/C14H24N2O/c1-14(2)5-3-4-11(7-14)15-13(17)10-6-12-9-16(12)8-10/h10-12H,3-9H2,1-2H3,(H,15,17)/t10?,11-,12?,16?/m1/s1. The van der Waals surface area contributed by atoms with Crippen LogP contribution >= 0.6 is 0 Å². The van der Waals surface area contributed by atoms with Crippen molar-refractivity contribution < 1.29 is 4.79 Å². The van der Waals surface area contributed by atoms with Gasteiger partial charge in [0.2, 0.25) is 5.91 Å². The van der Waals surface area contributed by atoms with Crippen molar-refractivity contribution in [2.75, 3.05) is 13.1 Å². The third-order valence-electron chi connectivity index (χ3n) is 4.76. The first-order valence-corrected chi connectivity index (χ1v) is 7.08. The van der Waals surface area contributed by atoms with Crippen LogP contribution in [0.25, 0.3) is 0 Å². The molecule has 4 atom stereocenters. The number of nitrogens with one attached hydrogen (secondary N) is 1. The zero-order valence-corrected chi connectivity index (χ0v) is 11.0. The van der Waals surface area contributed by atoms with E-state index in [1.54, 1.807) is 0 Å². The summed E-state index contributed by atoms with van der Waals surface area (Å²) >= 11 is 0. The van der Waals surface area contributed by atoms with Crippen molar-refractivity contribution in [3.63, 3.8) is 0 Å². The van der Waals surface area contributed by atoms with Gasteiger partial charge in [-0.25, -0.2) is 0 Å². The largest absolute Gasteiger partial charge is 0.353 e. The lowest BCUT2D eigenvalue weighted by molar-refractivity contribution is -0.125. The van der Waals surface area contributed by atoms with Crippen LogP contribution in [0.15, 0.2) is 0 Å². The van der Waals surface area contributed by atoms with Crippen LogP contribution in [0.3, 0.4) is 0 Å². The summed E-state index contributed by atoms with van der Waals surface area (Å²) in [4.78, 5) is 14.6. The first-order valence-electron chi connectivity index (χ1n) is 7.08. The molecule has 1 N–H and O–H groups in total. The molecule has 1 aliphatic carbocycles. The number of carbonyl (C=O) groups is 1. The van der Waals surface area contributed by atoms with Gasteiger partial charge in [0.25, 0.3) is 0 Å². The predicted molar refractivity (Wildman–Crippen MR) is 67.6 cm³/mol. The minimum Gasteiger partial charge on any atom is -0.353 e. The molecule has 0 bridgehead atoms. The molecular weight excluding hydrogens is 212 g/mol. The van der Waals surface area contributed by atoms with Crippen molar-refractivity contribution >= 4 is 5.91 Å². The lowest BCUT2D eigenvalue weighted by Gasteiger charge is -2.36. The highest BCUT2D eigenvalue weighted by Crippen LogP contribution is 2.36. The number of amides is 1. The van der Waals surface area contributed by atoms with Crippen LogP contribution in [0.4, 0.5) is 0 Å². The first-order chi connectivity index (χ1) is 8.03. The summed E-state index contributed by atoms with van der Waals surface area (Å²) in [6.07, 6.45) is 5.99. The fraction of sp³-hybridized carbons (Fsp3) is 0.929. The molecule has 0 aromatic rings. The van der Waals surface area contributed by atoms with E-state index in [4.69, 9.17) is 0 Å². The molecule has 0 radical (unpaired) electrons. The van der Waals surface area contributed by atoms with Crippen LogP contribution in [0.2, 0.25) is 0 Å². The van der Waals surface area contributed by atoms with Crippen LogP contribution in [0.5, 0.6) is 0 Å². The number of fused-ring (bicyclic) bond motifs is 1. The second kappa shape index (κ2) is 3.98. The maximum absolute atomic E-state index is 12.2. The minimum absolute atomic E-state index is 0.277. The lowest BCUT2D eigenvalue weighted by Crippen LogP contribution is -2.43. The van der Waals surface area contributed by atoms with Crippen molar-refractivity contribution in [2.24, 2.45) is 11.3 Å². The van der Waals surface area contributed by atoms with Gasteiger partial charge in [0.1, 0.15) is 0 Å². The molecule has 3 fully saturated rings. The van der Waals surface area contributed by atoms with Gasteiger partial charge >= 0.3 is 0 Å². The molecule has 96 valence electrons. The van der Waals surface area contributed by atoms with E-state index in [-0.39, 0.29) is 5.92 Å². The molecule has 17 heavy (non-hydrogen) atoms. The summed E-state index contributed by atoms with van der Waals surface area (Å²) in [6.45, 7) is 6.89. The molecule has 1 amide bonds. The molecule has 3 heteroatoms. The average Bonchev–Trinajstić information content (AvgIpc) is 2.84. The van der Waals surface area contributed by atoms with Crippen molar-refractivity contribution in [2.45, 2.75) is 58.0 Å². The Morgan fingerprint density at radius 1 is 1.35 bits per heavy atom. The summed E-state index contributed by atoms with van der Waals surface area (Å²) in [6, 6.07) is 1.17. The van der Waals surface area contributed by atoms with E-state index in [1.807, 2.05) is 0 Å². The molecule has 2 heterocycles. The molecule has 0 aromatic carbocycles. The lowest BCUT2D eigenvalue weighted by atomic mass is 9.75. The topological polar surface area (TPSA) is 32.1 Å². The number of rotatable bonds is 2. The van der Waals surface area contributed by atoms with E-state index in [2.05, 4.69) is 24.1 Å². The van der Waals surface area contributed by atoms with Crippen LogP contribution in [-0.2, 0) is 4.79 Å². The van der Waals surface area contributed by atoms with Crippen LogP contribution in [-0.4, -0.2) is 36.0 Å². The average molecular weight is 236 g/mol. The van der Waals surface area contributed by atoms with Gasteiger partial charge in [0, 0.05) is 25.2 Å². The van der Waals surface area contributed by atoms with E-state index in [0.29, 0.717) is 17.4 Å². The normalized spacial score (nSPS) is 42.9. The summed E-state index contributed by atoms with van der Waals surface area (Å²) in [5.41, 5.74) is 0.414. The highest BCUT2D eigenvalue weighted by molar-refractivity contribution is 5.79. The van der Waals surface area contributed by atoms with E-state index in [1.165, 1.54) is 25.8 Å². The van der Waals surface area contributed by atoms with Gasteiger partial charge in [-0.05, 0) is 31.1 Å². The zero-order valence-electron chi connectivity index (χ0n) is 11.0. The Morgan fingerprint density at radius 3 is 2.82 bits per heavy atom. The van der Waals surface area contributed by atoms with E-state index >= 15 is 0 Å². The third-order valence-corrected chi connectivity index (χ3v) is 4.76. The predicted octanol–water partition coefficient (Wildman–Crippen LogP) is 1.78. The molecule has 3 rings (SSSR count). The quantitative estimate of drug-likeness (QED) is 0.741. The SMILES string of the molecule is CC1(C)CCC[C@@H](NC(=O)C2CC3CN3C2)C1. The molecule has 2 saturated heterocycles. The number of hydrogen-bond donors (Lipinski definition) is 1. The van der Waals surface area contributed by atoms with Crippen LogP contribution in [0.1, 0.15) is 46.0 Å². The van der Waals surface area contributed by atoms with Crippen molar-refractivity contribution in [1.82, 2.24) is 10.2 Å². The van der Waals surface area contributed by atoms with E-state index in [9.17, 15) is 4.79 Å². The summed E-state index contributed by atoms with van der Waals surface area (Å²) in [5, 5.41) is 3.29. The smallest absolute Gasteiger partial charge is 0.224 e. The fourth-order valence-electron chi connectivity index (χ4n) is 3.69. The summed E-state index contributed by atoms with van der Waals surface area (Å²) < 4.78 is 0. The minimum atomic E-state index is 0.277. The Hall–Kier alpha value is -0.570. The van der Waals surface area contributed by atoms with E-state index < -0.39 is 0 Å².